The number of nitrogens with zero attached hydrogens (tertiary/aromatic N) is 2. The number of hydrogen-bond acceptors (Lipinski definition) is 3. The van der Waals surface area contributed by atoms with Gasteiger partial charge >= 0.3 is 5.97 Å². The third-order valence-electron chi connectivity index (χ3n) is 4.34. The van der Waals surface area contributed by atoms with Crippen LogP contribution in [0.15, 0.2) is 36.9 Å². The Hall–Kier alpha value is -2.17. The first-order chi connectivity index (χ1) is 10.1. The smallest absolute Gasteiger partial charge is 0.339 e. The van der Waals surface area contributed by atoms with Gasteiger partial charge in [-0.25, -0.2) is 14.2 Å². The molecule has 0 saturated heterocycles. The zero-order valence-electron chi connectivity index (χ0n) is 12.0. The number of carbonyl (C=O) groups excluding carboxylic acids is 1. The maximum absolute atomic E-state index is 13.7. The van der Waals surface area contributed by atoms with Gasteiger partial charge in [-0.3, -0.25) is 0 Å². The number of fused-ring (bicyclic) bond motifs is 1. The van der Waals surface area contributed by atoms with Crippen LogP contribution in [0, 0.1) is 5.82 Å². The fraction of sp³-hybridized carbons (Fsp3) is 0.375. The van der Waals surface area contributed by atoms with Crippen LogP contribution in [-0.4, -0.2) is 21.1 Å². The van der Waals surface area contributed by atoms with E-state index in [9.17, 15) is 9.18 Å². The molecular weight excluding hydrogens is 271 g/mol. The number of esters is 1. The number of halogens is 1. The summed E-state index contributed by atoms with van der Waals surface area (Å²) in [7, 11) is 0. The molecule has 5 heteroatoms. The fourth-order valence-electron chi connectivity index (χ4n) is 3.16. The number of ether oxygens (including phenoxy) is 1. The number of aromatic nitrogens is 2. The average molecular weight is 288 g/mol. The molecule has 0 saturated carbocycles. The van der Waals surface area contributed by atoms with Crippen molar-refractivity contribution in [3.05, 3.63) is 53.9 Å². The highest BCUT2D eigenvalue weighted by Gasteiger charge is 2.47. The first kappa shape index (κ1) is 13.8. The van der Waals surface area contributed by atoms with Crippen LogP contribution in [0.5, 0.6) is 0 Å². The Morgan fingerprint density at radius 3 is 2.76 bits per heavy atom. The molecule has 0 bridgehead atoms. The third kappa shape index (κ3) is 2.04. The summed E-state index contributed by atoms with van der Waals surface area (Å²) < 4.78 is 21.4. The standard InChI is InChI=1S/C16H17FN2O2/c1-3-16(4-2)14(19-8-7-18-10-19)13-9-11(17)5-6-12(13)15(20)21-16/h5-10,14H,3-4H2,1-2H3. The van der Waals surface area contributed by atoms with Crippen molar-refractivity contribution in [2.24, 2.45) is 0 Å². The van der Waals surface area contributed by atoms with Gasteiger partial charge in [0.05, 0.1) is 11.9 Å². The largest absolute Gasteiger partial charge is 0.453 e. The van der Waals surface area contributed by atoms with Gasteiger partial charge in [0.15, 0.2) is 0 Å². The van der Waals surface area contributed by atoms with Crippen LogP contribution >= 0.6 is 0 Å². The SMILES string of the molecule is CCC1(CC)OC(=O)c2ccc(F)cc2C1n1ccnc1. The molecule has 21 heavy (non-hydrogen) atoms. The Morgan fingerprint density at radius 1 is 1.38 bits per heavy atom. The molecule has 4 nitrogen and oxygen atoms in total. The van der Waals surface area contributed by atoms with E-state index < -0.39 is 5.60 Å². The summed E-state index contributed by atoms with van der Waals surface area (Å²) in [6.07, 6.45) is 6.46. The first-order valence-corrected chi connectivity index (χ1v) is 7.11. The molecule has 1 aromatic heterocycles. The Kier molecular flexibility index (Phi) is 3.27. The van der Waals surface area contributed by atoms with Crippen molar-refractivity contribution in [1.29, 1.82) is 0 Å². The maximum Gasteiger partial charge on any atom is 0.339 e. The molecule has 1 aromatic carbocycles. The quantitative estimate of drug-likeness (QED) is 0.814. The Labute approximate surface area is 122 Å². The second-order valence-electron chi connectivity index (χ2n) is 5.31. The van der Waals surface area contributed by atoms with E-state index in [2.05, 4.69) is 4.98 Å². The van der Waals surface area contributed by atoms with E-state index in [-0.39, 0.29) is 17.8 Å². The van der Waals surface area contributed by atoms with Crippen LogP contribution in [0.25, 0.3) is 0 Å². The van der Waals surface area contributed by atoms with Crippen molar-refractivity contribution in [3.8, 4) is 0 Å². The zero-order valence-corrected chi connectivity index (χ0v) is 12.0. The molecule has 0 fully saturated rings. The molecular formula is C16H17FN2O2. The molecule has 1 aliphatic rings. The number of imidazole rings is 1. The summed E-state index contributed by atoms with van der Waals surface area (Å²) in [6.45, 7) is 3.95. The zero-order chi connectivity index (χ0) is 15.0. The van der Waals surface area contributed by atoms with Gasteiger partial charge in [-0.2, -0.15) is 0 Å². The molecule has 0 aliphatic carbocycles. The highest BCUT2D eigenvalue weighted by Crippen LogP contribution is 2.44. The van der Waals surface area contributed by atoms with Crippen LogP contribution in [0.1, 0.15) is 48.7 Å². The van der Waals surface area contributed by atoms with E-state index in [1.807, 2.05) is 24.6 Å². The minimum Gasteiger partial charge on any atom is -0.453 e. The van der Waals surface area contributed by atoms with Gasteiger partial charge < -0.3 is 9.30 Å². The van der Waals surface area contributed by atoms with Gasteiger partial charge in [-0.15, -0.1) is 0 Å². The predicted octanol–water partition coefficient (Wildman–Crippen LogP) is 3.34. The lowest BCUT2D eigenvalue weighted by atomic mass is 9.79. The molecule has 110 valence electrons. The molecule has 1 atom stereocenters. The topological polar surface area (TPSA) is 44.1 Å². The van der Waals surface area contributed by atoms with Gasteiger partial charge in [0.25, 0.3) is 0 Å². The number of carbonyl (C=O) groups is 1. The Bertz CT molecular complexity index is 663. The molecule has 1 aliphatic heterocycles. The van der Waals surface area contributed by atoms with Crippen molar-refractivity contribution in [2.45, 2.75) is 38.3 Å². The summed E-state index contributed by atoms with van der Waals surface area (Å²) in [4.78, 5) is 16.4. The van der Waals surface area contributed by atoms with Crippen LogP contribution in [0.4, 0.5) is 4.39 Å². The lowest BCUT2D eigenvalue weighted by Crippen LogP contribution is -2.47. The normalized spacial score (nSPS) is 20.0. The molecule has 0 N–H and O–H groups in total. The third-order valence-corrected chi connectivity index (χ3v) is 4.34. The minimum absolute atomic E-state index is 0.265. The predicted molar refractivity (Wildman–Crippen MR) is 75.5 cm³/mol. The molecule has 3 rings (SSSR count). The van der Waals surface area contributed by atoms with E-state index in [0.29, 0.717) is 24.0 Å². The Balaban J connectivity index is 2.26. The van der Waals surface area contributed by atoms with E-state index in [4.69, 9.17) is 4.74 Å². The average Bonchev–Trinajstić information content (AvgIpc) is 3.00. The summed E-state index contributed by atoms with van der Waals surface area (Å²) >= 11 is 0. The van der Waals surface area contributed by atoms with Crippen molar-refractivity contribution in [1.82, 2.24) is 9.55 Å². The van der Waals surface area contributed by atoms with E-state index in [0.717, 1.165) is 0 Å². The second-order valence-corrected chi connectivity index (χ2v) is 5.31. The highest BCUT2D eigenvalue weighted by atomic mass is 19.1. The van der Waals surface area contributed by atoms with Crippen molar-refractivity contribution < 1.29 is 13.9 Å². The van der Waals surface area contributed by atoms with Crippen LogP contribution in [-0.2, 0) is 4.74 Å². The van der Waals surface area contributed by atoms with Gasteiger partial charge in [0, 0.05) is 12.4 Å². The van der Waals surface area contributed by atoms with Crippen LogP contribution in [0.2, 0.25) is 0 Å². The van der Waals surface area contributed by atoms with E-state index in [1.54, 1.807) is 12.5 Å². The summed E-state index contributed by atoms with van der Waals surface area (Å²) in [5.41, 5.74) is 0.402. The van der Waals surface area contributed by atoms with Gasteiger partial charge in [-0.1, -0.05) is 13.8 Å². The monoisotopic (exact) mass is 288 g/mol. The van der Waals surface area contributed by atoms with Gasteiger partial charge in [0.2, 0.25) is 0 Å². The molecule has 0 spiro atoms. The number of benzene rings is 1. The van der Waals surface area contributed by atoms with Crippen molar-refractivity contribution in [3.63, 3.8) is 0 Å². The lowest BCUT2D eigenvalue weighted by Gasteiger charge is -2.43. The molecule has 2 aromatic rings. The first-order valence-electron chi connectivity index (χ1n) is 7.11. The summed E-state index contributed by atoms with van der Waals surface area (Å²) in [5.74, 6) is -0.736. The van der Waals surface area contributed by atoms with E-state index >= 15 is 0 Å². The summed E-state index contributed by atoms with van der Waals surface area (Å²) in [5, 5.41) is 0. The molecule has 2 heterocycles. The summed E-state index contributed by atoms with van der Waals surface area (Å²) in [6, 6.07) is 3.95. The fourth-order valence-corrected chi connectivity index (χ4v) is 3.16. The van der Waals surface area contributed by atoms with Gasteiger partial charge in [-0.05, 0) is 36.6 Å². The second kappa shape index (κ2) is 4.98. The number of rotatable bonds is 3. The van der Waals surface area contributed by atoms with Crippen molar-refractivity contribution in [2.75, 3.05) is 0 Å². The van der Waals surface area contributed by atoms with Gasteiger partial charge in [0.1, 0.15) is 17.5 Å². The Morgan fingerprint density at radius 2 is 2.14 bits per heavy atom. The lowest BCUT2D eigenvalue weighted by molar-refractivity contribution is -0.0515. The highest BCUT2D eigenvalue weighted by molar-refractivity contribution is 5.93. The number of cyclic esters (lactones) is 1. The van der Waals surface area contributed by atoms with Crippen LogP contribution < -0.4 is 0 Å². The van der Waals surface area contributed by atoms with Crippen molar-refractivity contribution >= 4 is 5.97 Å². The molecule has 1 unspecified atom stereocenters. The minimum atomic E-state index is -0.682. The van der Waals surface area contributed by atoms with Crippen LogP contribution in [0.3, 0.4) is 0 Å². The number of hydrogen-bond donors (Lipinski definition) is 0. The molecule has 0 radical (unpaired) electrons. The molecule has 0 amide bonds. The maximum atomic E-state index is 13.7. The van der Waals surface area contributed by atoms with E-state index in [1.165, 1.54) is 18.2 Å².